The van der Waals surface area contributed by atoms with Crippen molar-refractivity contribution < 1.29 is 9.59 Å². The molecular formula is C16H21N3O2. The van der Waals surface area contributed by atoms with Gasteiger partial charge < -0.3 is 16.4 Å². The second kappa shape index (κ2) is 7.46. The molecule has 1 rings (SSSR count). The van der Waals surface area contributed by atoms with Crippen LogP contribution in [-0.4, -0.2) is 32.0 Å². The molecule has 4 N–H and O–H groups in total. The quantitative estimate of drug-likeness (QED) is 0.705. The summed E-state index contributed by atoms with van der Waals surface area (Å²) in [5.74, 6) is 5.27. The molecule has 0 bridgehead atoms. The summed E-state index contributed by atoms with van der Waals surface area (Å²) >= 11 is 0. The van der Waals surface area contributed by atoms with Crippen LogP contribution in [0.2, 0.25) is 0 Å². The lowest BCUT2D eigenvalue weighted by Gasteiger charge is -2.22. The van der Waals surface area contributed by atoms with E-state index in [0.717, 1.165) is 5.56 Å². The maximum absolute atomic E-state index is 12.1. The first kappa shape index (κ1) is 16.7. The van der Waals surface area contributed by atoms with E-state index >= 15 is 0 Å². The van der Waals surface area contributed by atoms with Gasteiger partial charge in [0.2, 0.25) is 5.91 Å². The fourth-order valence-electron chi connectivity index (χ4n) is 1.71. The van der Waals surface area contributed by atoms with Crippen molar-refractivity contribution in [1.29, 1.82) is 0 Å². The third-order valence-electron chi connectivity index (χ3n) is 2.99. The average molecular weight is 287 g/mol. The number of amides is 2. The van der Waals surface area contributed by atoms with Gasteiger partial charge >= 0.3 is 0 Å². The third kappa shape index (κ3) is 4.93. The van der Waals surface area contributed by atoms with E-state index < -0.39 is 5.41 Å². The summed E-state index contributed by atoms with van der Waals surface area (Å²) in [6.07, 6.45) is 0. The second-order valence-corrected chi connectivity index (χ2v) is 5.23. The van der Waals surface area contributed by atoms with Crippen LogP contribution in [-0.2, 0) is 4.79 Å². The maximum atomic E-state index is 12.1. The lowest BCUT2D eigenvalue weighted by atomic mass is 9.92. The van der Waals surface area contributed by atoms with Crippen molar-refractivity contribution in [2.24, 2.45) is 11.1 Å². The number of benzene rings is 1. The number of hydrogen-bond acceptors (Lipinski definition) is 3. The van der Waals surface area contributed by atoms with Crippen LogP contribution >= 0.6 is 0 Å². The predicted octanol–water partition coefficient (Wildman–Crippen LogP) is 0.499. The lowest BCUT2D eigenvalue weighted by Crippen LogP contribution is -2.43. The highest BCUT2D eigenvalue weighted by atomic mass is 16.2. The minimum atomic E-state index is -0.665. The molecule has 0 aromatic heterocycles. The average Bonchev–Trinajstić information content (AvgIpc) is 2.50. The zero-order valence-electron chi connectivity index (χ0n) is 12.6. The Bertz CT molecular complexity index is 583. The van der Waals surface area contributed by atoms with Gasteiger partial charge in [-0.05, 0) is 32.0 Å². The molecule has 0 heterocycles. The highest BCUT2D eigenvalue weighted by Crippen LogP contribution is 2.13. The minimum Gasteiger partial charge on any atom is -0.359 e. The van der Waals surface area contributed by atoms with E-state index in [0.29, 0.717) is 5.56 Å². The van der Waals surface area contributed by atoms with Crippen LogP contribution in [0.4, 0.5) is 0 Å². The van der Waals surface area contributed by atoms with E-state index in [1.165, 1.54) is 0 Å². The Kier molecular flexibility index (Phi) is 5.94. The first-order valence-electron chi connectivity index (χ1n) is 6.70. The van der Waals surface area contributed by atoms with Crippen LogP contribution in [0.15, 0.2) is 24.3 Å². The molecule has 0 spiro atoms. The summed E-state index contributed by atoms with van der Waals surface area (Å²) in [6, 6.07) is 6.98. The van der Waals surface area contributed by atoms with Crippen LogP contribution in [0.25, 0.3) is 0 Å². The first-order valence-corrected chi connectivity index (χ1v) is 6.70. The van der Waals surface area contributed by atoms with Gasteiger partial charge in [-0.25, -0.2) is 0 Å². The number of nitrogens with two attached hydrogens (primary N) is 1. The van der Waals surface area contributed by atoms with E-state index in [9.17, 15) is 9.59 Å². The van der Waals surface area contributed by atoms with Gasteiger partial charge in [-0.15, -0.1) is 0 Å². The number of carbonyl (C=O) groups is 2. The molecule has 0 aliphatic carbocycles. The number of carbonyl (C=O) groups excluding carboxylic acids is 2. The molecule has 0 radical (unpaired) electrons. The van der Waals surface area contributed by atoms with Crippen LogP contribution in [0.1, 0.15) is 29.8 Å². The molecule has 0 saturated carbocycles. The molecule has 1 aromatic rings. The van der Waals surface area contributed by atoms with Crippen molar-refractivity contribution in [2.75, 3.05) is 20.1 Å². The zero-order valence-corrected chi connectivity index (χ0v) is 12.6. The molecule has 5 heteroatoms. The predicted molar refractivity (Wildman–Crippen MR) is 82.6 cm³/mol. The molecule has 1 aromatic carbocycles. The molecule has 2 amide bonds. The Hall–Kier alpha value is -2.32. The normalized spacial score (nSPS) is 10.3. The first-order chi connectivity index (χ1) is 9.90. The Morgan fingerprint density at radius 2 is 2.05 bits per heavy atom. The highest BCUT2D eigenvalue weighted by molar-refractivity contribution is 5.95. The van der Waals surface area contributed by atoms with Gasteiger partial charge in [0.1, 0.15) is 0 Å². The van der Waals surface area contributed by atoms with E-state index in [1.807, 2.05) is 6.07 Å². The van der Waals surface area contributed by atoms with Crippen molar-refractivity contribution in [2.45, 2.75) is 13.8 Å². The highest BCUT2D eigenvalue weighted by Gasteiger charge is 2.27. The molecule has 21 heavy (non-hydrogen) atoms. The maximum Gasteiger partial charge on any atom is 0.251 e. The summed E-state index contributed by atoms with van der Waals surface area (Å²) in [5, 5.41) is 5.35. The van der Waals surface area contributed by atoms with E-state index in [-0.39, 0.29) is 24.9 Å². The molecule has 5 nitrogen and oxygen atoms in total. The van der Waals surface area contributed by atoms with Crippen LogP contribution < -0.4 is 16.4 Å². The number of nitrogens with one attached hydrogen (secondary N) is 2. The number of hydrogen-bond donors (Lipinski definition) is 3. The lowest BCUT2D eigenvalue weighted by molar-refractivity contribution is -0.128. The zero-order chi connectivity index (χ0) is 15.9. The summed E-state index contributed by atoms with van der Waals surface area (Å²) in [4.78, 5) is 23.8. The third-order valence-corrected chi connectivity index (χ3v) is 2.99. The molecule has 0 saturated heterocycles. The van der Waals surface area contributed by atoms with Crippen LogP contribution in [0.5, 0.6) is 0 Å². The fourth-order valence-corrected chi connectivity index (χ4v) is 1.71. The Balaban J connectivity index is 2.74. The fraction of sp³-hybridized carbons (Fsp3) is 0.375. The monoisotopic (exact) mass is 287 g/mol. The SMILES string of the molecule is CNC(=O)C(C)(C)CNC(=O)c1cccc(C#CCN)c1. The van der Waals surface area contributed by atoms with E-state index in [1.54, 1.807) is 39.1 Å². The van der Waals surface area contributed by atoms with E-state index in [4.69, 9.17) is 5.73 Å². The Morgan fingerprint density at radius 3 is 2.67 bits per heavy atom. The van der Waals surface area contributed by atoms with Gasteiger partial charge in [0.25, 0.3) is 5.91 Å². The summed E-state index contributed by atoms with van der Waals surface area (Å²) in [7, 11) is 1.57. The van der Waals surface area contributed by atoms with Gasteiger partial charge in [0.15, 0.2) is 0 Å². The van der Waals surface area contributed by atoms with E-state index in [2.05, 4.69) is 22.5 Å². The molecule has 0 atom stereocenters. The van der Waals surface area contributed by atoms with Gasteiger partial charge in [-0.1, -0.05) is 17.9 Å². The molecule has 0 fully saturated rings. The smallest absolute Gasteiger partial charge is 0.251 e. The largest absolute Gasteiger partial charge is 0.359 e. The molecule has 112 valence electrons. The summed E-state index contributed by atoms with van der Waals surface area (Å²) < 4.78 is 0. The summed E-state index contributed by atoms with van der Waals surface area (Å²) in [5.41, 5.74) is 5.90. The molecule has 0 unspecified atom stereocenters. The molecular weight excluding hydrogens is 266 g/mol. The van der Waals surface area contributed by atoms with Gasteiger partial charge in [0, 0.05) is 24.7 Å². The van der Waals surface area contributed by atoms with Gasteiger partial charge in [-0.3, -0.25) is 9.59 Å². The minimum absolute atomic E-state index is 0.120. The van der Waals surface area contributed by atoms with Crippen molar-refractivity contribution in [3.8, 4) is 11.8 Å². The standard InChI is InChI=1S/C16H21N3O2/c1-16(2,15(21)18-3)11-19-14(20)13-8-4-6-12(10-13)7-5-9-17/h4,6,8,10H,9,11,17H2,1-3H3,(H,18,21)(H,19,20). The second-order valence-electron chi connectivity index (χ2n) is 5.23. The van der Waals surface area contributed by atoms with Crippen LogP contribution in [0, 0.1) is 17.3 Å². The van der Waals surface area contributed by atoms with Crippen molar-refractivity contribution in [3.05, 3.63) is 35.4 Å². The topological polar surface area (TPSA) is 84.2 Å². The van der Waals surface area contributed by atoms with Gasteiger partial charge in [-0.2, -0.15) is 0 Å². The van der Waals surface area contributed by atoms with Crippen molar-refractivity contribution >= 4 is 11.8 Å². The van der Waals surface area contributed by atoms with Crippen molar-refractivity contribution in [3.63, 3.8) is 0 Å². The van der Waals surface area contributed by atoms with Gasteiger partial charge in [0.05, 0.1) is 12.0 Å². The Morgan fingerprint density at radius 1 is 1.33 bits per heavy atom. The summed E-state index contributed by atoms with van der Waals surface area (Å²) in [6.45, 7) is 4.07. The number of rotatable bonds is 4. The Labute approximate surface area is 125 Å². The van der Waals surface area contributed by atoms with Crippen LogP contribution in [0.3, 0.4) is 0 Å². The molecule has 0 aliphatic heterocycles. The van der Waals surface area contributed by atoms with Crippen molar-refractivity contribution in [1.82, 2.24) is 10.6 Å². The molecule has 0 aliphatic rings.